The van der Waals surface area contributed by atoms with E-state index in [1.807, 2.05) is 0 Å². The monoisotopic (exact) mass is 286 g/mol. The highest BCUT2D eigenvalue weighted by Crippen LogP contribution is 2.40. The number of benzene rings is 1. The lowest BCUT2D eigenvalue weighted by Crippen LogP contribution is -2.38. The second kappa shape index (κ2) is 5.73. The minimum atomic E-state index is 0.215. The molecule has 1 saturated carbocycles. The topological polar surface area (TPSA) is 29.3 Å². The first-order valence-corrected chi connectivity index (χ1v) is 8.60. The molecule has 0 bridgehead atoms. The van der Waals surface area contributed by atoms with Crippen molar-refractivity contribution in [3.8, 4) is 0 Å². The van der Waals surface area contributed by atoms with E-state index in [0.29, 0.717) is 6.04 Å². The fourth-order valence-electron chi connectivity index (χ4n) is 4.06. The van der Waals surface area contributed by atoms with Gasteiger partial charge in [-0.05, 0) is 34.9 Å². The smallest absolute Gasteiger partial charge is 0.0480 e. The molecule has 0 spiro atoms. The van der Waals surface area contributed by atoms with Crippen molar-refractivity contribution in [2.24, 2.45) is 5.73 Å². The highest BCUT2D eigenvalue weighted by atomic mass is 15.2. The van der Waals surface area contributed by atoms with Crippen LogP contribution in [0.4, 0.5) is 0 Å². The van der Waals surface area contributed by atoms with Crippen molar-refractivity contribution in [2.45, 2.75) is 76.9 Å². The molecule has 1 atom stereocenters. The molecule has 21 heavy (non-hydrogen) atoms. The van der Waals surface area contributed by atoms with Gasteiger partial charge in [0.15, 0.2) is 0 Å². The minimum Gasteiger partial charge on any atom is -0.329 e. The molecular weight excluding hydrogens is 256 g/mol. The van der Waals surface area contributed by atoms with Crippen LogP contribution in [-0.4, -0.2) is 17.5 Å². The van der Waals surface area contributed by atoms with Crippen LogP contribution in [0.2, 0.25) is 0 Å². The van der Waals surface area contributed by atoms with E-state index in [2.05, 4.69) is 43.9 Å². The van der Waals surface area contributed by atoms with Crippen molar-refractivity contribution in [1.82, 2.24) is 4.90 Å². The Bertz CT molecular complexity index is 495. The predicted octanol–water partition coefficient (Wildman–Crippen LogP) is 4.13. The number of nitrogens with two attached hydrogens (primary N) is 1. The van der Waals surface area contributed by atoms with Crippen LogP contribution in [0, 0.1) is 0 Å². The Morgan fingerprint density at radius 1 is 1.14 bits per heavy atom. The van der Waals surface area contributed by atoms with Crippen molar-refractivity contribution in [3.63, 3.8) is 0 Å². The molecule has 2 heteroatoms. The van der Waals surface area contributed by atoms with E-state index in [9.17, 15) is 0 Å². The minimum absolute atomic E-state index is 0.215. The van der Waals surface area contributed by atoms with Gasteiger partial charge in [-0.3, -0.25) is 4.90 Å². The molecule has 1 heterocycles. The maximum absolute atomic E-state index is 6.16. The fourth-order valence-corrected chi connectivity index (χ4v) is 4.06. The third-order valence-corrected chi connectivity index (χ3v) is 5.39. The summed E-state index contributed by atoms with van der Waals surface area (Å²) >= 11 is 0. The molecule has 2 N–H and O–H groups in total. The first-order chi connectivity index (χ1) is 10.0. The van der Waals surface area contributed by atoms with E-state index in [4.69, 9.17) is 5.73 Å². The predicted molar refractivity (Wildman–Crippen MR) is 89.4 cm³/mol. The maximum Gasteiger partial charge on any atom is 0.0480 e. The zero-order valence-corrected chi connectivity index (χ0v) is 13.9. The Hall–Kier alpha value is -0.860. The zero-order valence-electron chi connectivity index (χ0n) is 13.9. The summed E-state index contributed by atoms with van der Waals surface area (Å²) in [6, 6.07) is 8.27. The summed E-state index contributed by atoms with van der Waals surface area (Å²) in [4.78, 5) is 2.69. The number of rotatable bonds is 2. The molecule has 2 aliphatic rings. The second-order valence-corrected chi connectivity index (χ2v) is 7.88. The van der Waals surface area contributed by atoms with Crippen LogP contribution in [0.1, 0.15) is 75.6 Å². The van der Waals surface area contributed by atoms with E-state index >= 15 is 0 Å². The van der Waals surface area contributed by atoms with E-state index in [0.717, 1.165) is 19.1 Å². The number of fused-ring (bicyclic) bond motifs is 1. The molecule has 1 fully saturated rings. The fraction of sp³-hybridized carbons (Fsp3) is 0.684. The van der Waals surface area contributed by atoms with Crippen LogP contribution in [0.15, 0.2) is 18.2 Å². The van der Waals surface area contributed by atoms with E-state index in [1.165, 1.54) is 48.8 Å². The van der Waals surface area contributed by atoms with Gasteiger partial charge >= 0.3 is 0 Å². The van der Waals surface area contributed by atoms with E-state index < -0.39 is 0 Å². The zero-order chi connectivity index (χ0) is 15.0. The van der Waals surface area contributed by atoms with Crippen molar-refractivity contribution < 1.29 is 0 Å². The molecule has 1 unspecified atom stereocenters. The van der Waals surface area contributed by atoms with Gasteiger partial charge in [-0.25, -0.2) is 0 Å². The average Bonchev–Trinajstić information content (AvgIpc) is 2.84. The van der Waals surface area contributed by atoms with Gasteiger partial charge in [0, 0.05) is 25.2 Å². The molecule has 0 amide bonds. The molecule has 116 valence electrons. The van der Waals surface area contributed by atoms with Crippen LogP contribution in [0.3, 0.4) is 0 Å². The summed E-state index contributed by atoms with van der Waals surface area (Å²) in [6.07, 6.45) is 6.91. The molecule has 1 aliphatic carbocycles. The van der Waals surface area contributed by atoms with Gasteiger partial charge in [0.2, 0.25) is 0 Å². The number of nitrogens with zero attached hydrogens (tertiary/aromatic N) is 1. The molecule has 3 rings (SSSR count). The van der Waals surface area contributed by atoms with Gasteiger partial charge < -0.3 is 5.73 Å². The lowest BCUT2D eigenvalue weighted by Gasteiger charge is -2.35. The first kappa shape index (κ1) is 15.1. The van der Waals surface area contributed by atoms with E-state index in [-0.39, 0.29) is 5.41 Å². The van der Waals surface area contributed by atoms with Crippen molar-refractivity contribution in [1.29, 1.82) is 0 Å². The van der Waals surface area contributed by atoms with Gasteiger partial charge in [0.25, 0.3) is 0 Å². The van der Waals surface area contributed by atoms with Gasteiger partial charge in [-0.2, -0.15) is 0 Å². The summed E-state index contributed by atoms with van der Waals surface area (Å²) in [5.41, 5.74) is 10.8. The third-order valence-electron chi connectivity index (χ3n) is 5.39. The molecule has 2 nitrogen and oxygen atoms in total. The molecule has 0 aromatic heterocycles. The summed E-state index contributed by atoms with van der Waals surface area (Å²) in [5.74, 6) is 0. The van der Waals surface area contributed by atoms with Crippen molar-refractivity contribution >= 4 is 0 Å². The van der Waals surface area contributed by atoms with Crippen LogP contribution in [0.25, 0.3) is 0 Å². The Morgan fingerprint density at radius 2 is 1.86 bits per heavy atom. The average molecular weight is 286 g/mol. The molecule has 1 aromatic rings. The summed E-state index contributed by atoms with van der Waals surface area (Å²) in [5, 5.41) is 0. The highest BCUT2D eigenvalue weighted by Gasteiger charge is 2.35. The Morgan fingerprint density at radius 3 is 2.48 bits per heavy atom. The molecule has 1 aliphatic heterocycles. The standard InChI is InChI=1S/C19H30N2/c1-19(2,3)15-10-9-14-13-21(16-7-5-4-6-8-16)18(12-20)17(14)11-15/h9-11,16,18H,4-8,12-13,20H2,1-3H3. The van der Waals surface area contributed by atoms with Gasteiger partial charge in [-0.15, -0.1) is 0 Å². The molecule has 1 aromatic carbocycles. The van der Waals surface area contributed by atoms with Gasteiger partial charge in [0.05, 0.1) is 0 Å². The SMILES string of the molecule is CC(C)(C)c1ccc2c(c1)C(CN)N(C1CCCCC1)C2. The number of hydrogen-bond donors (Lipinski definition) is 1. The molecule has 0 saturated heterocycles. The quantitative estimate of drug-likeness (QED) is 0.885. The summed E-state index contributed by atoms with van der Waals surface area (Å²) < 4.78 is 0. The largest absolute Gasteiger partial charge is 0.329 e. The summed E-state index contributed by atoms with van der Waals surface area (Å²) in [7, 11) is 0. The van der Waals surface area contributed by atoms with Crippen LogP contribution in [-0.2, 0) is 12.0 Å². The third kappa shape index (κ3) is 2.89. The van der Waals surface area contributed by atoms with Crippen molar-refractivity contribution in [3.05, 3.63) is 34.9 Å². The normalized spacial score (nSPS) is 24.3. The van der Waals surface area contributed by atoms with Crippen LogP contribution < -0.4 is 5.73 Å². The highest BCUT2D eigenvalue weighted by molar-refractivity contribution is 5.40. The Balaban J connectivity index is 1.89. The van der Waals surface area contributed by atoms with Crippen molar-refractivity contribution in [2.75, 3.05) is 6.54 Å². The Kier molecular flexibility index (Phi) is 4.11. The lowest BCUT2D eigenvalue weighted by atomic mass is 9.85. The van der Waals surface area contributed by atoms with E-state index in [1.54, 1.807) is 0 Å². The lowest BCUT2D eigenvalue weighted by molar-refractivity contribution is 0.117. The van der Waals surface area contributed by atoms with Gasteiger partial charge in [-0.1, -0.05) is 58.2 Å². The van der Waals surface area contributed by atoms with Gasteiger partial charge in [0.1, 0.15) is 0 Å². The first-order valence-electron chi connectivity index (χ1n) is 8.60. The second-order valence-electron chi connectivity index (χ2n) is 7.88. The Labute approximate surface area is 129 Å². The summed E-state index contributed by atoms with van der Waals surface area (Å²) in [6.45, 7) is 8.73. The number of hydrogen-bond acceptors (Lipinski definition) is 2. The molecular formula is C19H30N2. The van der Waals surface area contributed by atoms with Crippen LogP contribution in [0.5, 0.6) is 0 Å². The van der Waals surface area contributed by atoms with Crippen LogP contribution >= 0.6 is 0 Å². The molecule has 0 radical (unpaired) electrons. The maximum atomic E-state index is 6.16.